The molecule has 0 spiro atoms. The molecule has 0 aliphatic heterocycles. The van der Waals surface area contributed by atoms with Gasteiger partial charge in [0, 0.05) is 22.9 Å². The van der Waals surface area contributed by atoms with Crippen LogP contribution in [-0.2, 0) is 0 Å². The lowest BCUT2D eigenvalue weighted by Gasteiger charge is -2.25. The average molecular weight is 250 g/mol. The molecule has 0 aromatic heterocycles. The minimum atomic E-state index is -0.219. The number of hydrogen-bond acceptors (Lipinski definition) is 3. The first-order valence-electron chi connectivity index (χ1n) is 6.15. The summed E-state index contributed by atoms with van der Waals surface area (Å²) >= 11 is 0. The maximum atomic E-state index is 12.1. The Morgan fingerprint density at radius 3 is 2.61 bits per heavy atom. The lowest BCUT2D eigenvalue weighted by molar-refractivity contribution is 0.0908. The number of ether oxygens (including phenoxy) is 1. The van der Waals surface area contributed by atoms with Gasteiger partial charge in [-0.3, -0.25) is 4.79 Å². The summed E-state index contributed by atoms with van der Waals surface area (Å²) in [5.74, 6) is 0.465. The zero-order valence-corrected chi connectivity index (χ0v) is 11.5. The first-order chi connectivity index (χ1) is 8.38. The van der Waals surface area contributed by atoms with E-state index in [9.17, 15) is 4.79 Å². The van der Waals surface area contributed by atoms with Crippen molar-refractivity contribution >= 4 is 11.6 Å². The summed E-state index contributed by atoms with van der Waals surface area (Å²) in [5.41, 5.74) is 6.56. The molecular formula is C14H22N2O2. The predicted octanol–water partition coefficient (Wildman–Crippen LogP) is 2.59. The van der Waals surface area contributed by atoms with E-state index < -0.39 is 0 Å². The van der Waals surface area contributed by atoms with E-state index >= 15 is 0 Å². The average Bonchev–Trinajstić information content (AvgIpc) is 2.27. The fourth-order valence-corrected chi connectivity index (χ4v) is 1.94. The van der Waals surface area contributed by atoms with E-state index in [0.717, 1.165) is 12.8 Å². The molecule has 3 N–H and O–H groups in total. The molecule has 0 radical (unpaired) electrons. The number of methoxy groups -OCH3 is 1. The van der Waals surface area contributed by atoms with Crippen LogP contribution >= 0.6 is 0 Å². The summed E-state index contributed by atoms with van der Waals surface area (Å²) in [6, 6.07) is 5.03. The van der Waals surface area contributed by atoms with Crippen molar-refractivity contribution in [3.05, 3.63) is 23.8 Å². The van der Waals surface area contributed by atoms with E-state index in [0.29, 0.717) is 17.0 Å². The van der Waals surface area contributed by atoms with E-state index in [2.05, 4.69) is 12.2 Å². The second kappa shape index (κ2) is 5.76. The van der Waals surface area contributed by atoms with E-state index in [4.69, 9.17) is 10.5 Å². The van der Waals surface area contributed by atoms with Crippen molar-refractivity contribution in [1.82, 2.24) is 5.32 Å². The van der Waals surface area contributed by atoms with E-state index in [1.807, 2.05) is 13.8 Å². The van der Waals surface area contributed by atoms with E-state index in [1.165, 1.54) is 0 Å². The van der Waals surface area contributed by atoms with Gasteiger partial charge in [-0.2, -0.15) is 0 Å². The smallest absolute Gasteiger partial charge is 0.251 e. The fourth-order valence-electron chi connectivity index (χ4n) is 1.94. The van der Waals surface area contributed by atoms with Crippen molar-refractivity contribution in [3.63, 3.8) is 0 Å². The molecule has 18 heavy (non-hydrogen) atoms. The highest BCUT2D eigenvalue weighted by Gasteiger charge is 2.20. The van der Waals surface area contributed by atoms with Crippen LogP contribution in [0, 0.1) is 0 Å². The maximum Gasteiger partial charge on any atom is 0.251 e. The highest BCUT2D eigenvalue weighted by atomic mass is 16.5. The Kier molecular flexibility index (Phi) is 4.59. The van der Waals surface area contributed by atoms with Crippen molar-refractivity contribution < 1.29 is 9.53 Å². The zero-order chi connectivity index (χ0) is 13.8. The van der Waals surface area contributed by atoms with Crippen molar-refractivity contribution in [2.24, 2.45) is 0 Å². The van der Waals surface area contributed by atoms with E-state index in [1.54, 1.807) is 25.3 Å². The maximum absolute atomic E-state index is 12.1. The first-order valence-corrected chi connectivity index (χ1v) is 6.15. The molecule has 0 fully saturated rings. The van der Waals surface area contributed by atoms with Crippen LogP contribution in [0.3, 0.4) is 0 Å². The zero-order valence-electron chi connectivity index (χ0n) is 11.5. The monoisotopic (exact) mass is 250 g/mol. The molecule has 4 heteroatoms. The Balaban J connectivity index is 2.87. The Labute approximate surface area is 109 Å². The fraction of sp³-hybridized carbons (Fsp3) is 0.500. The number of nitrogens with one attached hydrogen (secondary N) is 1. The van der Waals surface area contributed by atoms with Crippen LogP contribution in [0.5, 0.6) is 5.75 Å². The van der Waals surface area contributed by atoms with Crippen molar-refractivity contribution in [2.45, 2.75) is 39.2 Å². The molecule has 0 saturated heterocycles. The van der Waals surface area contributed by atoms with Gasteiger partial charge >= 0.3 is 0 Å². The van der Waals surface area contributed by atoms with Gasteiger partial charge in [0.25, 0.3) is 5.91 Å². The topological polar surface area (TPSA) is 64.4 Å². The second-order valence-corrected chi connectivity index (χ2v) is 5.08. The predicted molar refractivity (Wildman–Crippen MR) is 73.9 cm³/mol. The summed E-state index contributed by atoms with van der Waals surface area (Å²) in [5, 5.41) is 3.00. The van der Waals surface area contributed by atoms with E-state index in [-0.39, 0.29) is 11.4 Å². The number of carbonyl (C=O) groups is 1. The third kappa shape index (κ3) is 3.95. The lowest BCUT2D eigenvalue weighted by atomic mass is 9.98. The minimum absolute atomic E-state index is 0.126. The van der Waals surface area contributed by atoms with Crippen LogP contribution < -0.4 is 15.8 Å². The van der Waals surface area contributed by atoms with Gasteiger partial charge in [-0.05, 0) is 32.4 Å². The van der Waals surface area contributed by atoms with Crippen LogP contribution in [-0.4, -0.2) is 18.6 Å². The van der Waals surface area contributed by atoms with Gasteiger partial charge in [-0.1, -0.05) is 13.3 Å². The summed E-state index contributed by atoms with van der Waals surface area (Å²) in [6.07, 6.45) is 1.95. The van der Waals surface area contributed by atoms with Gasteiger partial charge in [-0.25, -0.2) is 0 Å². The number of amides is 1. The van der Waals surface area contributed by atoms with Gasteiger partial charge < -0.3 is 15.8 Å². The molecule has 0 saturated carbocycles. The normalized spacial score (nSPS) is 11.1. The number of hydrogen-bond donors (Lipinski definition) is 2. The summed E-state index contributed by atoms with van der Waals surface area (Å²) in [6.45, 7) is 6.12. The number of benzene rings is 1. The van der Waals surface area contributed by atoms with Crippen molar-refractivity contribution in [1.29, 1.82) is 0 Å². The molecule has 0 unspecified atom stereocenters. The minimum Gasteiger partial charge on any atom is -0.497 e. The molecule has 0 heterocycles. The summed E-state index contributed by atoms with van der Waals surface area (Å²) < 4.78 is 5.10. The molecule has 1 aromatic carbocycles. The Bertz CT molecular complexity index is 428. The molecule has 1 rings (SSSR count). The molecule has 0 bridgehead atoms. The standard InChI is InChI=1S/C14H22N2O2/c1-5-6-14(2,3)16-13(17)10-7-11(15)9-12(8-10)18-4/h7-9H,5-6,15H2,1-4H3,(H,16,17). The quantitative estimate of drug-likeness (QED) is 0.789. The Morgan fingerprint density at radius 1 is 1.39 bits per heavy atom. The number of nitrogen functional groups attached to an aromatic ring is 1. The molecular weight excluding hydrogens is 228 g/mol. The molecule has 0 aliphatic rings. The van der Waals surface area contributed by atoms with Crippen LogP contribution in [0.15, 0.2) is 18.2 Å². The van der Waals surface area contributed by atoms with Gasteiger partial charge in [-0.15, -0.1) is 0 Å². The highest BCUT2D eigenvalue weighted by molar-refractivity contribution is 5.96. The number of rotatable bonds is 5. The van der Waals surface area contributed by atoms with Crippen LogP contribution in [0.4, 0.5) is 5.69 Å². The van der Waals surface area contributed by atoms with Gasteiger partial charge in [0.05, 0.1) is 7.11 Å². The lowest BCUT2D eigenvalue weighted by Crippen LogP contribution is -2.43. The second-order valence-electron chi connectivity index (χ2n) is 5.08. The third-order valence-corrected chi connectivity index (χ3v) is 2.75. The van der Waals surface area contributed by atoms with Gasteiger partial charge in [0.1, 0.15) is 5.75 Å². The first kappa shape index (κ1) is 14.4. The van der Waals surface area contributed by atoms with Gasteiger partial charge in [0.15, 0.2) is 0 Å². The molecule has 0 aliphatic carbocycles. The molecule has 1 amide bonds. The summed E-state index contributed by atoms with van der Waals surface area (Å²) in [4.78, 5) is 12.1. The largest absolute Gasteiger partial charge is 0.497 e. The van der Waals surface area contributed by atoms with Crippen LogP contribution in [0.1, 0.15) is 44.0 Å². The number of carbonyl (C=O) groups excluding carboxylic acids is 1. The molecule has 0 atom stereocenters. The van der Waals surface area contributed by atoms with Crippen molar-refractivity contribution in [3.8, 4) is 5.75 Å². The molecule has 1 aromatic rings. The van der Waals surface area contributed by atoms with Gasteiger partial charge in [0.2, 0.25) is 0 Å². The van der Waals surface area contributed by atoms with Crippen molar-refractivity contribution in [2.75, 3.05) is 12.8 Å². The molecule has 4 nitrogen and oxygen atoms in total. The Morgan fingerprint density at radius 2 is 2.06 bits per heavy atom. The number of anilines is 1. The SMILES string of the molecule is CCCC(C)(C)NC(=O)c1cc(N)cc(OC)c1. The van der Waals surface area contributed by atoms with Crippen LogP contribution in [0.25, 0.3) is 0 Å². The van der Waals surface area contributed by atoms with Crippen LogP contribution in [0.2, 0.25) is 0 Å². The Hall–Kier alpha value is -1.71. The third-order valence-electron chi connectivity index (χ3n) is 2.75. The highest BCUT2D eigenvalue weighted by Crippen LogP contribution is 2.19. The number of nitrogens with two attached hydrogens (primary N) is 1. The molecule has 100 valence electrons. The summed E-state index contributed by atoms with van der Waals surface area (Å²) in [7, 11) is 1.55.